The van der Waals surface area contributed by atoms with Crippen LogP contribution in [0, 0.1) is 0 Å². The van der Waals surface area contributed by atoms with Crippen molar-refractivity contribution >= 4 is 0 Å². The van der Waals surface area contributed by atoms with Gasteiger partial charge in [0.2, 0.25) is 0 Å². The molecule has 14 heavy (non-hydrogen) atoms. The second kappa shape index (κ2) is 15.4. The first-order valence-corrected chi connectivity index (χ1v) is 5.70. The van der Waals surface area contributed by atoms with Crippen LogP contribution < -0.4 is 5.73 Å². The van der Waals surface area contributed by atoms with Crippen LogP contribution in [0.2, 0.25) is 0 Å². The summed E-state index contributed by atoms with van der Waals surface area (Å²) in [5.74, 6) is 0. The lowest BCUT2D eigenvalue weighted by Crippen LogP contribution is -2.17. The minimum absolute atomic E-state index is 0.250. The van der Waals surface area contributed by atoms with Crippen molar-refractivity contribution in [1.29, 1.82) is 0 Å². The van der Waals surface area contributed by atoms with E-state index in [0.717, 1.165) is 0 Å². The molecule has 1 aliphatic carbocycles. The van der Waals surface area contributed by atoms with E-state index >= 15 is 0 Å². The van der Waals surface area contributed by atoms with Gasteiger partial charge in [-0.2, -0.15) is 0 Å². The highest BCUT2D eigenvalue weighted by molar-refractivity contribution is 4.65. The van der Waals surface area contributed by atoms with Gasteiger partial charge in [-0.1, -0.05) is 25.7 Å². The number of aliphatic hydroxyl groups is 2. The first-order valence-electron chi connectivity index (χ1n) is 5.70. The topological polar surface area (TPSA) is 66.5 Å². The van der Waals surface area contributed by atoms with Gasteiger partial charge in [0.15, 0.2) is 0 Å². The SMILES string of the molecule is CCO.CCO.NC1CCCCCC1. The fourth-order valence-corrected chi connectivity index (χ4v) is 1.31. The number of hydrogen-bond acceptors (Lipinski definition) is 3. The lowest BCUT2D eigenvalue weighted by atomic mass is 10.1. The Hall–Kier alpha value is -0.120. The molecule has 0 aromatic carbocycles. The molecule has 0 aliphatic heterocycles. The van der Waals surface area contributed by atoms with Crippen LogP contribution in [0.3, 0.4) is 0 Å². The molecule has 0 bridgehead atoms. The molecular weight excluding hydrogens is 178 g/mol. The second-order valence-electron chi connectivity index (χ2n) is 3.38. The lowest BCUT2D eigenvalue weighted by molar-refractivity contribution is 0.318. The molecule has 0 radical (unpaired) electrons. The number of nitrogens with two attached hydrogens (primary N) is 1. The second-order valence-corrected chi connectivity index (χ2v) is 3.38. The van der Waals surface area contributed by atoms with Crippen molar-refractivity contribution in [2.24, 2.45) is 5.73 Å². The van der Waals surface area contributed by atoms with Crippen molar-refractivity contribution in [2.75, 3.05) is 13.2 Å². The molecule has 0 heterocycles. The predicted octanol–water partition coefficient (Wildman–Crippen LogP) is 1.67. The van der Waals surface area contributed by atoms with Crippen molar-refractivity contribution in [3.05, 3.63) is 0 Å². The summed E-state index contributed by atoms with van der Waals surface area (Å²) in [4.78, 5) is 0. The molecule has 1 saturated carbocycles. The van der Waals surface area contributed by atoms with Crippen molar-refractivity contribution in [1.82, 2.24) is 0 Å². The predicted molar refractivity (Wildman–Crippen MR) is 61.2 cm³/mol. The molecular formula is C11H27NO2. The van der Waals surface area contributed by atoms with E-state index in [9.17, 15) is 0 Å². The zero-order chi connectivity index (χ0) is 11.2. The van der Waals surface area contributed by atoms with E-state index in [4.69, 9.17) is 15.9 Å². The zero-order valence-corrected chi connectivity index (χ0v) is 9.71. The van der Waals surface area contributed by atoms with Crippen LogP contribution in [-0.4, -0.2) is 29.5 Å². The Balaban J connectivity index is 0. The maximum absolute atomic E-state index is 7.57. The number of aliphatic hydroxyl groups excluding tert-OH is 2. The van der Waals surface area contributed by atoms with Gasteiger partial charge in [-0.15, -0.1) is 0 Å². The molecule has 0 saturated heterocycles. The molecule has 1 rings (SSSR count). The highest BCUT2D eigenvalue weighted by Crippen LogP contribution is 2.14. The Labute approximate surface area is 88.3 Å². The van der Waals surface area contributed by atoms with Crippen molar-refractivity contribution in [3.63, 3.8) is 0 Å². The molecule has 1 fully saturated rings. The maximum Gasteiger partial charge on any atom is 0.0402 e. The van der Waals surface area contributed by atoms with Gasteiger partial charge in [0, 0.05) is 19.3 Å². The van der Waals surface area contributed by atoms with E-state index in [2.05, 4.69) is 0 Å². The van der Waals surface area contributed by atoms with Crippen LogP contribution in [0.15, 0.2) is 0 Å². The quantitative estimate of drug-likeness (QED) is 0.527. The van der Waals surface area contributed by atoms with E-state index in [-0.39, 0.29) is 13.2 Å². The van der Waals surface area contributed by atoms with Crippen LogP contribution in [0.25, 0.3) is 0 Å². The number of rotatable bonds is 0. The molecule has 0 aromatic rings. The van der Waals surface area contributed by atoms with Crippen molar-refractivity contribution < 1.29 is 10.2 Å². The summed E-state index contributed by atoms with van der Waals surface area (Å²) in [6.07, 6.45) is 8.07. The van der Waals surface area contributed by atoms with Crippen LogP contribution in [-0.2, 0) is 0 Å². The molecule has 0 spiro atoms. The van der Waals surface area contributed by atoms with Gasteiger partial charge in [-0.3, -0.25) is 0 Å². The van der Waals surface area contributed by atoms with E-state index in [0.29, 0.717) is 6.04 Å². The molecule has 0 amide bonds. The van der Waals surface area contributed by atoms with Gasteiger partial charge in [0.25, 0.3) is 0 Å². The van der Waals surface area contributed by atoms with Crippen LogP contribution in [0.5, 0.6) is 0 Å². The minimum Gasteiger partial charge on any atom is -0.397 e. The Morgan fingerprint density at radius 1 is 0.929 bits per heavy atom. The van der Waals surface area contributed by atoms with Crippen molar-refractivity contribution in [2.45, 2.75) is 58.4 Å². The third kappa shape index (κ3) is 17.8. The van der Waals surface area contributed by atoms with Crippen molar-refractivity contribution in [3.8, 4) is 0 Å². The first-order chi connectivity index (χ1) is 6.72. The zero-order valence-electron chi connectivity index (χ0n) is 9.71. The summed E-state index contributed by atoms with van der Waals surface area (Å²) in [5, 5.41) is 15.1. The van der Waals surface area contributed by atoms with Gasteiger partial charge in [0.05, 0.1) is 0 Å². The van der Waals surface area contributed by atoms with E-state index < -0.39 is 0 Å². The van der Waals surface area contributed by atoms with Gasteiger partial charge >= 0.3 is 0 Å². The monoisotopic (exact) mass is 205 g/mol. The molecule has 88 valence electrons. The van der Waals surface area contributed by atoms with Gasteiger partial charge < -0.3 is 15.9 Å². The third-order valence-electron chi connectivity index (χ3n) is 1.90. The van der Waals surface area contributed by atoms with Gasteiger partial charge in [-0.05, 0) is 26.7 Å². The first kappa shape index (κ1) is 16.3. The Kier molecular flexibility index (Phi) is 17.9. The fraction of sp³-hybridized carbons (Fsp3) is 1.00. The number of hydrogen-bond donors (Lipinski definition) is 3. The summed E-state index contributed by atoms with van der Waals surface area (Å²) in [7, 11) is 0. The fourth-order valence-electron chi connectivity index (χ4n) is 1.31. The van der Waals surface area contributed by atoms with Crippen LogP contribution in [0.4, 0.5) is 0 Å². The van der Waals surface area contributed by atoms with E-state index in [1.54, 1.807) is 13.8 Å². The van der Waals surface area contributed by atoms with Crippen LogP contribution >= 0.6 is 0 Å². The minimum atomic E-state index is 0.250. The summed E-state index contributed by atoms with van der Waals surface area (Å²) in [5.41, 5.74) is 5.73. The molecule has 1 aliphatic rings. The third-order valence-corrected chi connectivity index (χ3v) is 1.90. The highest BCUT2D eigenvalue weighted by atomic mass is 16.3. The van der Waals surface area contributed by atoms with E-state index in [1.165, 1.54) is 38.5 Å². The van der Waals surface area contributed by atoms with E-state index in [1.807, 2.05) is 0 Å². The Bertz CT molecular complexity index is 79.4. The average Bonchev–Trinajstić information content (AvgIpc) is 2.35. The highest BCUT2D eigenvalue weighted by Gasteiger charge is 2.05. The maximum atomic E-state index is 7.57. The standard InChI is InChI=1S/C7H15N.2C2H6O/c8-7-5-3-1-2-4-6-7;2*1-2-3/h7H,1-6,8H2;2*3H,2H2,1H3. The Morgan fingerprint density at radius 3 is 1.50 bits per heavy atom. The largest absolute Gasteiger partial charge is 0.397 e. The molecule has 0 aromatic heterocycles. The molecule has 3 heteroatoms. The molecule has 3 nitrogen and oxygen atoms in total. The average molecular weight is 205 g/mol. The lowest BCUT2D eigenvalue weighted by Gasteiger charge is -2.03. The summed E-state index contributed by atoms with van der Waals surface area (Å²) in [6, 6.07) is 0.525. The smallest absolute Gasteiger partial charge is 0.0402 e. The Morgan fingerprint density at radius 2 is 1.21 bits per heavy atom. The normalized spacial score (nSPS) is 16.9. The molecule has 0 unspecified atom stereocenters. The summed E-state index contributed by atoms with van der Waals surface area (Å²) < 4.78 is 0. The van der Waals surface area contributed by atoms with Crippen LogP contribution in [0.1, 0.15) is 52.4 Å². The van der Waals surface area contributed by atoms with Gasteiger partial charge in [-0.25, -0.2) is 0 Å². The molecule has 0 atom stereocenters. The summed E-state index contributed by atoms with van der Waals surface area (Å²) in [6.45, 7) is 3.86. The molecule has 4 N–H and O–H groups in total. The van der Waals surface area contributed by atoms with Gasteiger partial charge in [0.1, 0.15) is 0 Å². The summed E-state index contributed by atoms with van der Waals surface area (Å²) >= 11 is 0.